The molecule has 2 aromatic heterocycles. The lowest BCUT2D eigenvalue weighted by molar-refractivity contribution is 0.446. The summed E-state index contributed by atoms with van der Waals surface area (Å²) in [6.45, 7) is 10.5. The maximum absolute atomic E-state index is 12.8. The first-order chi connectivity index (χ1) is 35.0. The Morgan fingerprint density at radius 2 is 1.22 bits per heavy atom. The van der Waals surface area contributed by atoms with Gasteiger partial charge in [0.15, 0.2) is 0 Å². The summed E-state index contributed by atoms with van der Waals surface area (Å²) in [7, 11) is 0. The van der Waals surface area contributed by atoms with E-state index in [2.05, 4.69) is 53.7 Å². The maximum Gasteiger partial charge on any atom is 0.149 e. The van der Waals surface area contributed by atoms with Crippen molar-refractivity contribution in [1.29, 1.82) is 0 Å². The Kier molecular flexibility index (Phi) is 7.52. The van der Waals surface area contributed by atoms with Crippen molar-refractivity contribution in [3.05, 3.63) is 167 Å². The number of phenols is 1. The zero-order valence-electron chi connectivity index (χ0n) is 50.8. The standard InChI is InChI=1S/C59H63N3O/c1-37-22-24-39(25-23-37)41-28-29-60-50(34-41)43-30-42(31-44(32-43)56(2,3)4)46-20-17-21-52-53(46)61-55(47-35-45(57(5,6)7)36-49(54(47)63)59(11,12)13)62(52)51-27-26-40(33-48(51)58(8,9)10)38-18-15-14-16-19-38/h14-36,63H,1-13H3/i1D3,11D3,12D3,22D,23D,24D,25D. The summed E-state index contributed by atoms with van der Waals surface area (Å²) in [5.74, 6) is -0.272. The molecule has 0 amide bonds. The minimum atomic E-state index is -3.08. The molecule has 8 aromatic rings. The normalized spacial score (nSPS) is 16.2. The van der Waals surface area contributed by atoms with E-state index in [1.165, 1.54) is 12.3 Å². The van der Waals surface area contributed by atoms with Crippen LogP contribution in [-0.4, -0.2) is 19.6 Å². The number of phenolic OH excluding ortho intramolecular Hbond substituents is 1. The smallest absolute Gasteiger partial charge is 0.149 e. The van der Waals surface area contributed by atoms with E-state index in [0.717, 1.165) is 40.4 Å². The Bertz CT molecular complexity index is 3530. The van der Waals surface area contributed by atoms with Gasteiger partial charge in [0, 0.05) is 35.2 Å². The number of aromatic hydroxyl groups is 1. The molecule has 0 aliphatic carbocycles. The first kappa shape index (κ1) is 29.9. The van der Waals surface area contributed by atoms with E-state index in [1.54, 1.807) is 18.2 Å². The molecule has 0 bridgehead atoms. The molecule has 0 spiro atoms. The predicted molar refractivity (Wildman–Crippen MR) is 267 cm³/mol. The number of pyridine rings is 1. The zero-order chi connectivity index (χ0) is 56.2. The number of nitrogens with zero attached hydrogens (tertiary/aromatic N) is 3. The van der Waals surface area contributed by atoms with Gasteiger partial charge in [-0.1, -0.05) is 173 Å². The third-order valence-corrected chi connectivity index (χ3v) is 11.7. The van der Waals surface area contributed by atoms with Gasteiger partial charge in [0.1, 0.15) is 11.6 Å². The van der Waals surface area contributed by atoms with Gasteiger partial charge >= 0.3 is 0 Å². The van der Waals surface area contributed by atoms with Gasteiger partial charge in [0.05, 0.1) is 33.5 Å². The van der Waals surface area contributed by atoms with Crippen molar-refractivity contribution in [2.75, 3.05) is 0 Å². The van der Waals surface area contributed by atoms with Crippen molar-refractivity contribution in [1.82, 2.24) is 14.5 Å². The van der Waals surface area contributed by atoms with Gasteiger partial charge in [-0.3, -0.25) is 9.55 Å². The van der Waals surface area contributed by atoms with Crippen LogP contribution in [0.3, 0.4) is 0 Å². The second kappa shape index (κ2) is 15.8. The molecule has 0 unspecified atom stereocenters. The number of aromatic nitrogens is 3. The molecule has 0 fully saturated rings. The zero-order valence-corrected chi connectivity index (χ0v) is 37.8. The summed E-state index contributed by atoms with van der Waals surface area (Å²) in [6, 6.07) is 32.3. The Hall–Kier alpha value is -6.26. The fourth-order valence-corrected chi connectivity index (χ4v) is 8.08. The van der Waals surface area contributed by atoms with Crippen LogP contribution in [0.4, 0.5) is 0 Å². The van der Waals surface area contributed by atoms with Crippen LogP contribution >= 0.6 is 0 Å². The van der Waals surface area contributed by atoms with Crippen molar-refractivity contribution in [3.8, 4) is 67.5 Å². The van der Waals surface area contributed by atoms with Crippen molar-refractivity contribution < 1.29 is 22.9 Å². The van der Waals surface area contributed by atoms with Crippen LogP contribution in [0.1, 0.15) is 129 Å². The van der Waals surface area contributed by atoms with E-state index in [9.17, 15) is 5.11 Å². The van der Waals surface area contributed by atoms with E-state index >= 15 is 0 Å². The molecular formula is C59H63N3O. The molecule has 4 nitrogen and oxygen atoms in total. The van der Waals surface area contributed by atoms with E-state index in [4.69, 9.17) is 27.8 Å². The average Bonchev–Trinajstić information content (AvgIpc) is 3.71. The van der Waals surface area contributed by atoms with Crippen LogP contribution < -0.4 is 0 Å². The van der Waals surface area contributed by atoms with Gasteiger partial charge in [0.2, 0.25) is 0 Å². The van der Waals surface area contributed by atoms with Gasteiger partial charge in [0.25, 0.3) is 0 Å². The van der Waals surface area contributed by atoms with Crippen molar-refractivity contribution in [3.63, 3.8) is 0 Å². The van der Waals surface area contributed by atoms with E-state index in [-0.39, 0.29) is 22.5 Å². The second-order valence-electron chi connectivity index (χ2n) is 19.8. The van der Waals surface area contributed by atoms with Crippen molar-refractivity contribution >= 4 is 11.0 Å². The SMILES string of the molecule is [2H]c1c([2H])c(C([2H])([2H])[2H])c([2H])c([2H])c1-c1ccnc(-c2cc(-c3cccc4c3nc(-c3cc(C(C)(C)C)cc(C(C)(C([2H])([2H])[2H])C([2H])([2H])[2H])c3O)n4-c3ccc(-c4ccccc4)cc3C(C)(C)C)cc(C(C)(C)C)c2)c1. The molecule has 6 aromatic carbocycles. The first-order valence-corrected chi connectivity index (χ1v) is 21.3. The molecule has 63 heavy (non-hydrogen) atoms. The summed E-state index contributed by atoms with van der Waals surface area (Å²) in [5, 5.41) is 12.8. The van der Waals surface area contributed by atoms with Crippen LogP contribution in [0.2, 0.25) is 0 Å². The molecule has 0 radical (unpaired) electrons. The van der Waals surface area contributed by atoms with Crippen molar-refractivity contribution in [2.24, 2.45) is 0 Å². The summed E-state index contributed by atoms with van der Waals surface area (Å²) in [6.07, 6.45) is 1.51. The van der Waals surface area contributed by atoms with Gasteiger partial charge in [-0.2, -0.15) is 0 Å². The molecule has 4 heteroatoms. The third kappa shape index (κ3) is 8.61. The van der Waals surface area contributed by atoms with E-state index < -0.39 is 77.7 Å². The van der Waals surface area contributed by atoms with Gasteiger partial charge in [-0.25, -0.2) is 4.98 Å². The lowest BCUT2D eigenvalue weighted by atomic mass is 9.78. The quantitative estimate of drug-likeness (QED) is 0.181. The van der Waals surface area contributed by atoms with Crippen LogP contribution in [0.5, 0.6) is 5.75 Å². The lowest BCUT2D eigenvalue weighted by Crippen LogP contribution is -2.18. The molecule has 8 rings (SSSR count). The fourth-order valence-electron chi connectivity index (χ4n) is 8.08. The third-order valence-electron chi connectivity index (χ3n) is 11.7. The Morgan fingerprint density at radius 3 is 1.89 bits per heavy atom. The Balaban J connectivity index is 1.47. The van der Waals surface area contributed by atoms with Crippen molar-refractivity contribution in [2.45, 2.75) is 111 Å². The van der Waals surface area contributed by atoms with E-state index in [0.29, 0.717) is 39.0 Å². The summed E-state index contributed by atoms with van der Waals surface area (Å²) in [4.78, 5) is 10.2. The molecular weight excluding hydrogens is 767 g/mol. The number of rotatable bonds is 6. The van der Waals surface area contributed by atoms with Crippen LogP contribution in [0.25, 0.3) is 72.7 Å². The highest BCUT2D eigenvalue weighted by Crippen LogP contribution is 2.46. The van der Waals surface area contributed by atoms with Crippen LogP contribution in [0, 0.1) is 6.85 Å². The fraction of sp³-hybridized carbons (Fsp3) is 0.288. The van der Waals surface area contributed by atoms with Crippen LogP contribution in [0.15, 0.2) is 140 Å². The molecule has 320 valence electrons. The van der Waals surface area contributed by atoms with Gasteiger partial charge in [-0.15, -0.1) is 0 Å². The topological polar surface area (TPSA) is 50.9 Å². The summed E-state index contributed by atoms with van der Waals surface area (Å²) >= 11 is 0. The molecule has 0 aliphatic heterocycles. The van der Waals surface area contributed by atoms with Gasteiger partial charge < -0.3 is 5.11 Å². The highest BCUT2D eigenvalue weighted by Gasteiger charge is 2.30. The molecule has 1 N–H and O–H groups in total. The number of imidazole rings is 1. The van der Waals surface area contributed by atoms with E-state index in [1.807, 2.05) is 98.1 Å². The Morgan fingerprint density at radius 1 is 0.540 bits per heavy atom. The summed E-state index contributed by atoms with van der Waals surface area (Å²) in [5.41, 5.74) is 4.20. The average molecular weight is 843 g/mol. The predicted octanol–water partition coefficient (Wildman–Crippen LogP) is 16.0. The number of fused-ring (bicyclic) bond motifs is 1. The summed E-state index contributed by atoms with van der Waals surface area (Å²) < 4.78 is 113. The number of benzene rings is 6. The molecule has 0 aliphatic rings. The highest BCUT2D eigenvalue weighted by molar-refractivity contribution is 5.97. The minimum absolute atomic E-state index is 0.0619. The molecule has 0 saturated carbocycles. The molecule has 0 atom stereocenters. The second-order valence-corrected chi connectivity index (χ2v) is 19.8. The number of para-hydroxylation sites is 1. The highest BCUT2D eigenvalue weighted by atomic mass is 16.3. The molecule has 2 heterocycles. The minimum Gasteiger partial charge on any atom is -0.507 e. The van der Waals surface area contributed by atoms with Crippen LogP contribution in [-0.2, 0) is 21.7 Å². The van der Waals surface area contributed by atoms with Gasteiger partial charge in [-0.05, 0) is 122 Å². The largest absolute Gasteiger partial charge is 0.507 e. The Labute approximate surface area is 394 Å². The maximum atomic E-state index is 12.8. The number of hydrogen-bond acceptors (Lipinski definition) is 3. The molecule has 0 saturated heterocycles. The first-order valence-electron chi connectivity index (χ1n) is 27.8. The lowest BCUT2D eigenvalue weighted by Gasteiger charge is -2.28. The number of hydrogen-bond donors (Lipinski definition) is 1. The monoisotopic (exact) mass is 843 g/mol.